The normalized spacial score (nSPS) is 16.5. The zero-order valence-electron chi connectivity index (χ0n) is 16.9. The Morgan fingerprint density at radius 3 is 2.61 bits per heavy atom. The van der Waals surface area contributed by atoms with Crippen molar-refractivity contribution in [1.82, 2.24) is 4.90 Å². The highest BCUT2D eigenvalue weighted by molar-refractivity contribution is 5.94. The van der Waals surface area contributed by atoms with Crippen molar-refractivity contribution in [1.29, 1.82) is 0 Å². The Morgan fingerprint density at radius 2 is 1.86 bits per heavy atom. The summed E-state index contributed by atoms with van der Waals surface area (Å²) in [7, 11) is 0. The second-order valence-corrected chi connectivity index (χ2v) is 7.71. The quantitative estimate of drug-likeness (QED) is 0.731. The summed E-state index contributed by atoms with van der Waals surface area (Å²) >= 11 is 0. The molecule has 1 aliphatic carbocycles. The molecule has 0 bridgehead atoms. The van der Waals surface area contributed by atoms with Crippen molar-refractivity contribution in [2.45, 2.75) is 58.3 Å². The lowest BCUT2D eigenvalue weighted by atomic mass is 9.86. The molecular weight excluding hydrogens is 356 g/mol. The van der Waals surface area contributed by atoms with E-state index in [4.69, 9.17) is 9.47 Å². The zero-order chi connectivity index (χ0) is 19.8. The van der Waals surface area contributed by atoms with Crippen LogP contribution in [0, 0.1) is 5.92 Å². The van der Waals surface area contributed by atoms with Crippen LogP contribution in [0.2, 0.25) is 0 Å². The topological polar surface area (TPSA) is 67.9 Å². The Morgan fingerprint density at radius 1 is 1.11 bits per heavy atom. The maximum atomic E-state index is 12.5. The zero-order valence-corrected chi connectivity index (χ0v) is 16.9. The average molecular weight is 389 g/mol. The van der Waals surface area contributed by atoms with Gasteiger partial charge in [0.25, 0.3) is 0 Å². The van der Waals surface area contributed by atoms with E-state index in [2.05, 4.69) is 5.32 Å². The molecule has 2 amide bonds. The fraction of sp³-hybridized carbons (Fsp3) is 0.636. The third kappa shape index (κ3) is 5.88. The highest BCUT2D eigenvalue weighted by Crippen LogP contribution is 2.32. The largest absolute Gasteiger partial charge is 0.486 e. The minimum Gasteiger partial charge on any atom is -0.486 e. The minimum atomic E-state index is -0.195. The van der Waals surface area contributed by atoms with E-state index in [1.165, 1.54) is 32.1 Å². The van der Waals surface area contributed by atoms with Gasteiger partial charge in [-0.2, -0.15) is 0 Å². The Kier molecular flexibility index (Phi) is 7.57. The number of benzene rings is 1. The second kappa shape index (κ2) is 10.3. The van der Waals surface area contributed by atoms with Gasteiger partial charge in [0.05, 0.1) is 6.54 Å². The highest BCUT2D eigenvalue weighted by Gasteiger charge is 2.18. The summed E-state index contributed by atoms with van der Waals surface area (Å²) in [5.74, 6) is 1.98. The molecule has 6 heteroatoms. The molecule has 3 rings (SSSR count). The predicted octanol–water partition coefficient (Wildman–Crippen LogP) is 4.00. The maximum absolute atomic E-state index is 12.5. The number of fused-ring (bicyclic) bond motifs is 1. The molecule has 0 atom stereocenters. The van der Waals surface area contributed by atoms with E-state index >= 15 is 0 Å². The molecule has 2 aliphatic rings. The summed E-state index contributed by atoms with van der Waals surface area (Å²) in [6.07, 6.45) is 9.22. The summed E-state index contributed by atoms with van der Waals surface area (Å²) in [6.45, 7) is 3.57. The van der Waals surface area contributed by atoms with Gasteiger partial charge in [0.15, 0.2) is 11.5 Å². The van der Waals surface area contributed by atoms with Crippen LogP contribution in [-0.2, 0) is 9.59 Å². The molecule has 1 aromatic carbocycles. The van der Waals surface area contributed by atoms with Crippen molar-refractivity contribution in [2.24, 2.45) is 5.92 Å². The van der Waals surface area contributed by atoms with Gasteiger partial charge in [0.1, 0.15) is 13.2 Å². The van der Waals surface area contributed by atoms with Gasteiger partial charge in [0.2, 0.25) is 11.8 Å². The first kappa shape index (κ1) is 20.5. The molecule has 6 nitrogen and oxygen atoms in total. The van der Waals surface area contributed by atoms with Crippen molar-refractivity contribution in [3.05, 3.63) is 18.2 Å². The maximum Gasteiger partial charge on any atom is 0.243 e. The smallest absolute Gasteiger partial charge is 0.243 e. The number of carbonyl (C=O) groups excluding carboxylic acids is 2. The van der Waals surface area contributed by atoms with Gasteiger partial charge < -0.3 is 19.7 Å². The van der Waals surface area contributed by atoms with E-state index in [0.717, 1.165) is 18.8 Å². The molecular formula is C22H32N2O4. The summed E-state index contributed by atoms with van der Waals surface area (Å²) in [6, 6.07) is 5.33. The van der Waals surface area contributed by atoms with Gasteiger partial charge in [-0.15, -0.1) is 0 Å². The van der Waals surface area contributed by atoms with Gasteiger partial charge in [-0.1, -0.05) is 32.1 Å². The van der Waals surface area contributed by atoms with Gasteiger partial charge in [-0.3, -0.25) is 9.59 Å². The molecule has 1 N–H and O–H groups in total. The monoisotopic (exact) mass is 388 g/mol. The first-order valence-corrected chi connectivity index (χ1v) is 10.6. The molecule has 1 heterocycles. The number of rotatable bonds is 8. The first-order chi connectivity index (χ1) is 13.7. The summed E-state index contributed by atoms with van der Waals surface area (Å²) in [4.78, 5) is 26.5. The van der Waals surface area contributed by atoms with Crippen molar-refractivity contribution in [3.8, 4) is 11.5 Å². The molecule has 0 unspecified atom stereocenters. The van der Waals surface area contributed by atoms with E-state index in [1.807, 2.05) is 6.92 Å². The van der Waals surface area contributed by atoms with E-state index in [0.29, 0.717) is 43.4 Å². The van der Waals surface area contributed by atoms with Crippen molar-refractivity contribution >= 4 is 17.5 Å². The van der Waals surface area contributed by atoms with Crippen LogP contribution in [0.25, 0.3) is 0 Å². The fourth-order valence-corrected chi connectivity index (χ4v) is 4.05. The van der Waals surface area contributed by atoms with Gasteiger partial charge >= 0.3 is 0 Å². The standard InChI is InChI=1S/C22H32N2O4/c1-2-24(22(26)10-6-9-17-7-4-3-5-8-17)16-21(25)23-18-11-12-19-20(15-18)28-14-13-27-19/h11-12,15,17H,2-10,13-14,16H2,1H3,(H,23,25). The number of hydrogen-bond donors (Lipinski definition) is 1. The van der Waals surface area contributed by atoms with Gasteiger partial charge in [-0.05, 0) is 37.8 Å². The van der Waals surface area contributed by atoms with Crippen molar-refractivity contribution in [3.63, 3.8) is 0 Å². The van der Waals surface area contributed by atoms with Crippen molar-refractivity contribution in [2.75, 3.05) is 31.6 Å². The van der Waals surface area contributed by atoms with Gasteiger partial charge in [0, 0.05) is 24.7 Å². The second-order valence-electron chi connectivity index (χ2n) is 7.71. The summed E-state index contributed by atoms with van der Waals surface area (Å²) < 4.78 is 11.0. The van der Waals surface area contributed by atoms with Crippen LogP contribution < -0.4 is 14.8 Å². The Balaban J connectivity index is 1.43. The van der Waals surface area contributed by atoms with Crippen LogP contribution >= 0.6 is 0 Å². The third-order valence-electron chi connectivity index (χ3n) is 5.62. The Hall–Kier alpha value is -2.24. The molecule has 28 heavy (non-hydrogen) atoms. The van der Waals surface area contributed by atoms with Crippen LogP contribution in [-0.4, -0.2) is 43.0 Å². The number of ether oxygens (including phenoxy) is 2. The number of amides is 2. The molecule has 1 saturated carbocycles. The van der Waals surface area contributed by atoms with E-state index in [1.54, 1.807) is 23.1 Å². The first-order valence-electron chi connectivity index (χ1n) is 10.6. The Labute approximate surface area is 167 Å². The van der Waals surface area contributed by atoms with Crippen LogP contribution in [0.4, 0.5) is 5.69 Å². The molecule has 154 valence electrons. The number of anilines is 1. The van der Waals surface area contributed by atoms with E-state index < -0.39 is 0 Å². The SMILES string of the molecule is CCN(CC(=O)Nc1ccc2c(c1)OCCO2)C(=O)CCCC1CCCCC1. The van der Waals surface area contributed by atoms with E-state index in [9.17, 15) is 9.59 Å². The third-order valence-corrected chi connectivity index (χ3v) is 5.62. The predicted molar refractivity (Wildman–Crippen MR) is 109 cm³/mol. The lowest BCUT2D eigenvalue weighted by Gasteiger charge is -2.23. The summed E-state index contributed by atoms with van der Waals surface area (Å²) in [5, 5.41) is 2.85. The number of nitrogens with one attached hydrogen (secondary N) is 1. The number of nitrogens with zero attached hydrogens (tertiary/aromatic N) is 1. The number of carbonyl (C=O) groups is 2. The van der Waals surface area contributed by atoms with Gasteiger partial charge in [-0.25, -0.2) is 0 Å². The van der Waals surface area contributed by atoms with Crippen LogP contribution in [0.1, 0.15) is 58.3 Å². The molecule has 1 fully saturated rings. The minimum absolute atomic E-state index is 0.0654. The lowest BCUT2D eigenvalue weighted by molar-refractivity contribution is -0.134. The van der Waals surface area contributed by atoms with E-state index in [-0.39, 0.29) is 18.4 Å². The Bertz CT molecular complexity index is 671. The van der Waals surface area contributed by atoms with Crippen LogP contribution in [0.15, 0.2) is 18.2 Å². The van der Waals surface area contributed by atoms with Crippen molar-refractivity contribution < 1.29 is 19.1 Å². The van der Waals surface area contributed by atoms with Crippen LogP contribution in [0.3, 0.4) is 0 Å². The highest BCUT2D eigenvalue weighted by atomic mass is 16.6. The molecule has 0 aromatic heterocycles. The molecule has 0 spiro atoms. The summed E-state index contributed by atoms with van der Waals surface area (Å²) in [5.41, 5.74) is 0.648. The molecule has 0 radical (unpaired) electrons. The van der Waals surface area contributed by atoms with Crippen LogP contribution in [0.5, 0.6) is 11.5 Å². The molecule has 0 saturated heterocycles. The number of hydrogen-bond acceptors (Lipinski definition) is 4. The fourth-order valence-electron chi connectivity index (χ4n) is 4.05. The lowest BCUT2D eigenvalue weighted by Crippen LogP contribution is -2.37. The average Bonchev–Trinajstić information content (AvgIpc) is 2.72. The molecule has 1 aromatic rings. The number of likely N-dealkylation sites (N-methyl/N-ethyl adjacent to an activating group) is 1. The molecule has 1 aliphatic heterocycles.